The van der Waals surface area contributed by atoms with Crippen molar-refractivity contribution in [1.29, 1.82) is 0 Å². The van der Waals surface area contributed by atoms with Crippen LogP contribution in [-0.2, 0) is 11.3 Å². The Kier molecular flexibility index (Phi) is 4.20. The highest BCUT2D eigenvalue weighted by Crippen LogP contribution is 2.12. The topological polar surface area (TPSA) is 45.5 Å². The molecule has 1 aromatic rings. The molecule has 0 saturated carbocycles. The molecule has 94 valence electrons. The van der Waals surface area contributed by atoms with Gasteiger partial charge in [-0.25, -0.2) is 0 Å². The quantitative estimate of drug-likeness (QED) is 0.866. The molecule has 1 N–H and O–H groups in total. The Hall–Kier alpha value is -1.29. The van der Waals surface area contributed by atoms with E-state index < -0.39 is 0 Å². The molecule has 17 heavy (non-hydrogen) atoms. The predicted molar refractivity (Wildman–Crippen MR) is 65.4 cm³/mol. The lowest BCUT2D eigenvalue weighted by molar-refractivity contribution is -0.134. The summed E-state index contributed by atoms with van der Waals surface area (Å²) in [7, 11) is 0. The lowest BCUT2D eigenvalue weighted by atomic mass is 10.0. The smallest absolute Gasteiger partial charge is 0.240 e. The van der Waals surface area contributed by atoms with Crippen molar-refractivity contribution in [3.05, 3.63) is 24.2 Å². The zero-order chi connectivity index (χ0) is 12.1. The summed E-state index contributed by atoms with van der Waals surface area (Å²) in [5.74, 6) is 1.04. The molecule has 0 radical (unpaired) electrons. The molecule has 0 aliphatic carbocycles. The minimum absolute atomic E-state index is 0.00124. The maximum absolute atomic E-state index is 12.3. The maximum Gasteiger partial charge on any atom is 0.240 e. The molecule has 0 unspecified atom stereocenters. The third kappa shape index (κ3) is 3.09. The summed E-state index contributed by atoms with van der Waals surface area (Å²) in [6.45, 7) is 4.25. The average Bonchev–Trinajstić information content (AvgIpc) is 2.89. The van der Waals surface area contributed by atoms with Crippen molar-refractivity contribution >= 4 is 5.91 Å². The number of nitrogens with zero attached hydrogens (tertiary/aromatic N) is 1. The van der Waals surface area contributed by atoms with Crippen LogP contribution in [0.2, 0.25) is 0 Å². The fourth-order valence-corrected chi connectivity index (χ4v) is 2.22. The van der Waals surface area contributed by atoms with Gasteiger partial charge in [-0.05, 0) is 38.4 Å². The molecule has 1 aliphatic heterocycles. The second kappa shape index (κ2) is 5.87. The van der Waals surface area contributed by atoms with Gasteiger partial charge in [-0.15, -0.1) is 0 Å². The van der Waals surface area contributed by atoms with Gasteiger partial charge in [0, 0.05) is 6.54 Å². The molecule has 4 nitrogen and oxygen atoms in total. The zero-order valence-corrected chi connectivity index (χ0v) is 10.3. The first-order chi connectivity index (χ1) is 8.31. The molecular weight excluding hydrogens is 216 g/mol. The molecule has 0 spiro atoms. The molecule has 4 heteroatoms. The summed E-state index contributed by atoms with van der Waals surface area (Å²) in [4.78, 5) is 14.1. The number of likely N-dealkylation sites (N-methyl/N-ethyl adjacent to an activating group) is 1. The summed E-state index contributed by atoms with van der Waals surface area (Å²) in [5.41, 5.74) is 0. The Labute approximate surface area is 102 Å². The number of rotatable bonds is 4. The summed E-state index contributed by atoms with van der Waals surface area (Å²) >= 11 is 0. The highest BCUT2D eigenvalue weighted by molar-refractivity contribution is 5.81. The van der Waals surface area contributed by atoms with Crippen molar-refractivity contribution in [1.82, 2.24) is 10.2 Å². The maximum atomic E-state index is 12.3. The van der Waals surface area contributed by atoms with Crippen LogP contribution < -0.4 is 5.32 Å². The van der Waals surface area contributed by atoms with Crippen LogP contribution in [0.3, 0.4) is 0 Å². The van der Waals surface area contributed by atoms with E-state index in [0.717, 1.165) is 31.7 Å². The number of carbonyl (C=O) groups excluding carboxylic acids is 1. The standard InChI is InChI=1S/C13H20N2O2/c1-2-15(10-11-6-5-9-17-11)13(16)12-7-3-4-8-14-12/h5-6,9,12,14H,2-4,7-8,10H2,1H3/t12-/m1/s1. The van der Waals surface area contributed by atoms with Gasteiger partial charge in [0.05, 0.1) is 18.8 Å². The Morgan fingerprint density at radius 3 is 3.06 bits per heavy atom. The highest BCUT2D eigenvalue weighted by Gasteiger charge is 2.25. The van der Waals surface area contributed by atoms with Gasteiger partial charge in [0.25, 0.3) is 0 Å². The molecule has 2 heterocycles. The van der Waals surface area contributed by atoms with Crippen LogP contribution in [0, 0.1) is 0 Å². The van der Waals surface area contributed by atoms with E-state index in [1.165, 1.54) is 6.42 Å². The van der Waals surface area contributed by atoms with Gasteiger partial charge in [0.1, 0.15) is 5.76 Å². The highest BCUT2D eigenvalue weighted by atomic mass is 16.3. The fraction of sp³-hybridized carbons (Fsp3) is 0.615. The van der Waals surface area contributed by atoms with E-state index >= 15 is 0 Å². The number of carbonyl (C=O) groups is 1. The molecule has 1 aromatic heterocycles. The lowest BCUT2D eigenvalue weighted by Crippen LogP contribution is -2.48. The first-order valence-corrected chi connectivity index (χ1v) is 6.36. The molecule has 2 rings (SSSR count). The minimum Gasteiger partial charge on any atom is -0.467 e. The number of piperidine rings is 1. The van der Waals surface area contributed by atoms with E-state index in [1.807, 2.05) is 24.0 Å². The van der Waals surface area contributed by atoms with Gasteiger partial charge in [-0.2, -0.15) is 0 Å². The Balaban J connectivity index is 1.94. The molecule has 1 amide bonds. The molecular formula is C13H20N2O2. The molecule has 0 aromatic carbocycles. The van der Waals surface area contributed by atoms with E-state index in [2.05, 4.69) is 5.32 Å². The number of hydrogen-bond donors (Lipinski definition) is 1. The van der Waals surface area contributed by atoms with Crippen molar-refractivity contribution in [2.45, 2.75) is 38.8 Å². The second-order valence-corrected chi connectivity index (χ2v) is 4.43. The van der Waals surface area contributed by atoms with Gasteiger partial charge in [-0.3, -0.25) is 4.79 Å². The molecule has 1 saturated heterocycles. The van der Waals surface area contributed by atoms with Crippen LogP contribution in [0.1, 0.15) is 31.9 Å². The first-order valence-electron chi connectivity index (χ1n) is 6.36. The summed E-state index contributed by atoms with van der Waals surface area (Å²) in [5, 5.41) is 3.29. The number of hydrogen-bond acceptors (Lipinski definition) is 3. The van der Waals surface area contributed by atoms with Crippen molar-refractivity contribution in [2.75, 3.05) is 13.1 Å². The van der Waals surface area contributed by atoms with E-state index in [0.29, 0.717) is 6.54 Å². The number of amides is 1. The third-order valence-electron chi connectivity index (χ3n) is 3.23. The van der Waals surface area contributed by atoms with Crippen molar-refractivity contribution in [2.24, 2.45) is 0 Å². The SMILES string of the molecule is CCN(Cc1ccco1)C(=O)[C@H]1CCCCN1. The van der Waals surface area contributed by atoms with Crippen molar-refractivity contribution in [3.63, 3.8) is 0 Å². The average molecular weight is 236 g/mol. The van der Waals surface area contributed by atoms with E-state index in [-0.39, 0.29) is 11.9 Å². The second-order valence-electron chi connectivity index (χ2n) is 4.43. The largest absolute Gasteiger partial charge is 0.467 e. The number of nitrogens with one attached hydrogen (secondary N) is 1. The van der Waals surface area contributed by atoms with Crippen LogP contribution >= 0.6 is 0 Å². The van der Waals surface area contributed by atoms with Gasteiger partial charge in [0.2, 0.25) is 5.91 Å². The molecule has 1 aliphatic rings. The Morgan fingerprint density at radius 1 is 1.59 bits per heavy atom. The van der Waals surface area contributed by atoms with Crippen molar-refractivity contribution < 1.29 is 9.21 Å². The van der Waals surface area contributed by atoms with Crippen LogP contribution in [0.15, 0.2) is 22.8 Å². The summed E-state index contributed by atoms with van der Waals surface area (Å²) in [6.07, 6.45) is 4.91. The monoisotopic (exact) mass is 236 g/mol. The van der Waals surface area contributed by atoms with Crippen LogP contribution in [0.25, 0.3) is 0 Å². The van der Waals surface area contributed by atoms with Crippen LogP contribution in [0.5, 0.6) is 0 Å². The van der Waals surface area contributed by atoms with Crippen LogP contribution in [0.4, 0.5) is 0 Å². The van der Waals surface area contributed by atoms with Gasteiger partial charge in [0.15, 0.2) is 0 Å². The first kappa shape index (κ1) is 12.2. The predicted octanol–water partition coefficient (Wildman–Crippen LogP) is 1.77. The number of furan rings is 1. The molecule has 0 bridgehead atoms. The third-order valence-corrected chi connectivity index (χ3v) is 3.23. The Bertz CT molecular complexity index is 342. The molecule has 1 atom stereocenters. The lowest BCUT2D eigenvalue weighted by Gasteiger charge is -2.28. The zero-order valence-electron chi connectivity index (χ0n) is 10.3. The van der Waals surface area contributed by atoms with Gasteiger partial charge >= 0.3 is 0 Å². The summed E-state index contributed by atoms with van der Waals surface area (Å²) in [6, 6.07) is 3.76. The van der Waals surface area contributed by atoms with Crippen molar-refractivity contribution in [3.8, 4) is 0 Å². The van der Waals surface area contributed by atoms with E-state index in [9.17, 15) is 4.79 Å². The normalized spacial score (nSPS) is 20.2. The van der Waals surface area contributed by atoms with E-state index in [4.69, 9.17) is 4.42 Å². The fourth-order valence-electron chi connectivity index (χ4n) is 2.22. The molecule has 1 fully saturated rings. The Morgan fingerprint density at radius 2 is 2.47 bits per heavy atom. The summed E-state index contributed by atoms with van der Waals surface area (Å²) < 4.78 is 5.29. The van der Waals surface area contributed by atoms with Gasteiger partial charge in [-0.1, -0.05) is 6.42 Å². The minimum atomic E-state index is -0.00124. The van der Waals surface area contributed by atoms with Crippen LogP contribution in [-0.4, -0.2) is 29.9 Å². The van der Waals surface area contributed by atoms with E-state index in [1.54, 1.807) is 6.26 Å². The van der Waals surface area contributed by atoms with Gasteiger partial charge < -0.3 is 14.6 Å².